The van der Waals surface area contributed by atoms with Gasteiger partial charge in [0.2, 0.25) is 0 Å². The number of hydrogen-bond donors (Lipinski definition) is 2. The van der Waals surface area contributed by atoms with Crippen molar-refractivity contribution in [3.63, 3.8) is 0 Å². The minimum absolute atomic E-state index is 0.199. The van der Waals surface area contributed by atoms with Crippen LogP contribution in [-0.2, 0) is 16.2 Å². The second kappa shape index (κ2) is 12.3. The molecule has 4 aromatic rings. The number of para-hydroxylation sites is 1. The second-order valence-electron chi connectivity index (χ2n) is 9.67. The highest BCUT2D eigenvalue weighted by Gasteiger charge is 2.32. The molecule has 2 aromatic carbocycles. The number of amides is 1. The lowest BCUT2D eigenvalue weighted by Crippen LogP contribution is -2.49. The van der Waals surface area contributed by atoms with Gasteiger partial charge in [-0.15, -0.1) is 5.06 Å². The van der Waals surface area contributed by atoms with Crippen LogP contribution in [0, 0.1) is 5.82 Å². The zero-order valence-electron chi connectivity index (χ0n) is 22.6. The summed E-state index contributed by atoms with van der Waals surface area (Å²) in [6.07, 6.45) is 3.53. The van der Waals surface area contributed by atoms with Crippen LogP contribution in [0.15, 0.2) is 65.5 Å². The number of anilines is 1. The molecule has 3 N–H and O–H groups in total. The van der Waals surface area contributed by atoms with E-state index in [1.165, 1.54) is 22.6 Å². The highest BCUT2D eigenvalue weighted by Crippen LogP contribution is 2.28. The molecule has 2 aromatic heterocycles. The summed E-state index contributed by atoms with van der Waals surface area (Å²) in [4.78, 5) is 50.3. The molecule has 11 nitrogen and oxygen atoms in total. The summed E-state index contributed by atoms with van der Waals surface area (Å²) in [7, 11) is 0. The van der Waals surface area contributed by atoms with Crippen molar-refractivity contribution in [2.45, 2.75) is 32.4 Å². The maximum Gasteiger partial charge on any atom is 0.325 e. The lowest BCUT2D eigenvalue weighted by atomic mass is 10.0. The van der Waals surface area contributed by atoms with Crippen LogP contribution >= 0.6 is 0 Å². The van der Waals surface area contributed by atoms with Crippen molar-refractivity contribution in [1.82, 2.24) is 19.5 Å². The predicted octanol–water partition coefficient (Wildman–Crippen LogP) is 3.74. The van der Waals surface area contributed by atoms with Gasteiger partial charge in [0.05, 0.1) is 13.1 Å². The number of hydroxylamine groups is 2. The van der Waals surface area contributed by atoms with Gasteiger partial charge in [-0.25, -0.2) is 9.37 Å². The van der Waals surface area contributed by atoms with Gasteiger partial charge in [0.25, 0.3) is 11.8 Å². The standard InChI is InChI=1S/C29H31FN6O5/c1-2-5-25(37)41-35-14-12-34(13-15-35)29(39)27-21(30)10-11-36(27)28(38)26(33-22-7-4-3-6-20(22)17-31)19-8-9-23-24(16-19)40-18-32-23/h3-4,6-11,16,18,26,33H,2,5,12-15,17,31H2,1H3. The number of benzene rings is 2. The summed E-state index contributed by atoms with van der Waals surface area (Å²) < 4.78 is 21.6. The summed E-state index contributed by atoms with van der Waals surface area (Å²) in [5.41, 5.74) is 8.58. The topological polar surface area (TPSA) is 136 Å². The Bertz CT molecular complexity index is 1560. The van der Waals surface area contributed by atoms with Gasteiger partial charge in [0, 0.05) is 37.9 Å². The molecule has 1 amide bonds. The molecule has 41 heavy (non-hydrogen) atoms. The van der Waals surface area contributed by atoms with E-state index in [2.05, 4.69) is 10.3 Å². The number of carbonyl (C=O) groups excluding carboxylic acids is 3. The van der Waals surface area contributed by atoms with E-state index in [0.717, 1.165) is 16.2 Å². The summed E-state index contributed by atoms with van der Waals surface area (Å²) >= 11 is 0. The van der Waals surface area contributed by atoms with E-state index in [1.807, 2.05) is 25.1 Å². The van der Waals surface area contributed by atoms with E-state index >= 15 is 4.39 Å². The Morgan fingerprint density at radius 1 is 1.12 bits per heavy atom. The Hall–Kier alpha value is -4.55. The minimum atomic E-state index is -1.02. The highest BCUT2D eigenvalue weighted by atomic mass is 19.1. The summed E-state index contributed by atoms with van der Waals surface area (Å²) in [5.74, 6) is -2.36. The van der Waals surface area contributed by atoms with Gasteiger partial charge in [0.15, 0.2) is 17.8 Å². The van der Waals surface area contributed by atoms with Crippen LogP contribution in [0.3, 0.4) is 0 Å². The Morgan fingerprint density at radius 3 is 2.66 bits per heavy atom. The molecule has 1 atom stereocenters. The summed E-state index contributed by atoms with van der Waals surface area (Å²) in [5, 5.41) is 4.74. The quantitative estimate of drug-likeness (QED) is 0.313. The zero-order valence-corrected chi connectivity index (χ0v) is 22.6. The summed E-state index contributed by atoms with van der Waals surface area (Å²) in [6, 6.07) is 12.5. The first-order valence-corrected chi connectivity index (χ1v) is 13.4. The first kappa shape index (κ1) is 28.0. The third-order valence-electron chi connectivity index (χ3n) is 6.96. The molecule has 3 heterocycles. The molecule has 0 spiro atoms. The van der Waals surface area contributed by atoms with E-state index < -0.39 is 23.7 Å². The SMILES string of the molecule is CCCC(=O)ON1CCN(C(=O)c2c(F)ccn2C(=O)C(Nc2ccccc2CN)c2ccc3ncoc3c2)CC1. The molecule has 1 saturated heterocycles. The monoisotopic (exact) mass is 562 g/mol. The van der Waals surface area contributed by atoms with Crippen LogP contribution in [0.4, 0.5) is 10.1 Å². The number of oxazole rings is 1. The van der Waals surface area contributed by atoms with Gasteiger partial charge in [-0.3, -0.25) is 19.0 Å². The zero-order chi connectivity index (χ0) is 28.9. The molecule has 12 heteroatoms. The second-order valence-corrected chi connectivity index (χ2v) is 9.67. The van der Waals surface area contributed by atoms with Crippen LogP contribution in [0.1, 0.15) is 52.2 Å². The first-order chi connectivity index (χ1) is 19.9. The van der Waals surface area contributed by atoms with E-state index in [1.54, 1.807) is 24.3 Å². The van der Waals surface area contributed by atoms with Crippen LogP contribution in [-0.4, -0.2) is 63.5 Å². The molecule has 1 aliphatic heterocycles. The molecule has 0 bridgehead atoms. The maximum atomic E-state index is 15.1. The molecule has 1 aliphatic rings. The maximum absolute atomic E-state index is 15.1. The first-order valence-electron chi connectivity index (χ1n) is 13.4. The summed E-state index contributed by atoms with van der Waals surface area (Å²) in [6.45, 7) is 3.05. The van der Waals surface area contributed by atoms with Crippen molar-refractivity contribution in [3.8, 4) is 0 Å². The lowest BCUT2D eigenvalue weighted by Gasteiger charge is -2.33. The Balaban J connectivity index is 1.43. The largest absolute Gasteiger partial charge is 0.443 e. The third-order valence-corrected chi connectivity index (χ3v) is 6.96. The Labute approximate surface area is 235 Å². The van der Waals surface area contributed by atoms with Gasteiger partial charge in [-0.1, -0.05) is 31.2 Å². The van der Waals surface area contributed by atoms with E-state index in [0.29, 0.717) is 35.2 Å². The fourth-order valence-electron chi connectivity index (χ4n) is 4.80. The minimum Gasteiger partial charge on any atom is -0.443 e. The molecule has 0 radical (unpaired) electrons. The fraction of sp³-hybridized carbons (Fsp3) is 0.310. The number of carbonyl (C=O) groups is 3. The van der Waals surface area contributed by atoms with Crippen LogP contribution < -0.4 is 11.1 Å². The van der Waals surface area contributed by atoms with Gasteiger partial charge in [-0.05, 0) is 41.8 Å². The Kier molecular flexibility index (Phi) is 8.41. The number of fused-ring (bicyclic) bond motifs is 1. The van der Waals surface area contributed by atoms with Gasteiger partial charge in [0.1, 0.15) is 17.3 Å². The molecular weight excluding hydrogens is 531 g/mol. The number of rotatable bonds is 9. The van der Waals surface area contributed by atoms with Crippen molar-refractivity contribution >= 4 is 34.6 Å². The molecule has 1 fully saturated rings. The van der Waals surface area contributed by atoms with Gasteiger partial charge >= 0.3 is 5.97 Å². The highest BCUT2D eigenvalue weighted by molar-refractivity contribution is 6.00. The number of aromatic nitrogens is 2. The van der Waals surface area contributed by atoms with E-state index in [4.69, 9.17) is 15.0 Å². The normalized spacial score (nSPS) is 14.7. The van der Waals surface area contributed by atoms with Crippen molar-refractivity contribution < 1.29 is 28.0 Å². The molecule has 5 rings (SSSR count). The van der Waals surface area contributed by atoms with Crippen molar-refractivity contribution in [2.24, 2.45) is 5.73 Å². The smallest absolute Gasteiger partial charge is 0.325 e. The molecule has 1 unspecified atom stereocenters. The van der Waals surface area contributed by atoms with Crippen LogP contribution in [0.25, 0.3) is 11.1 Å². The van der Waals surface area contributed by atoms with Crippen molar-refractivity contribution in [3.05, 3.63) is 83.8 Å². The average Bonchev–Trinajstić information content (AvgIpc) is 3.62. The van der Waals surface area contributed by atoms with E-state index in [9.17, 15) is 14.4 Å². The molecular formula is C29H31FN6O5. The number of hydrogen-bond acceptors (Lipinski definition) is 9. The fourth-order valence-corrected chi connectivity index (χ4v) is 4.80. The average molecular weight is 563 g/mol. The Morgan fingerprint density at radius 2 is 1.90 bits per heavy atom. The molecule has 0 aliphatic carbocycles. The lowest BCUT2D eigenvalue weighted by molar-refractivity contribution is -0.196. The number of nitrogens with two attached hydrogens (primary N) is 1. The van der Waals surface area contributed by atoms with Gasteiger partial charge in [-0.2, -0.15) is 0 Å². The van der Waals surface area contributed by atoms with Crippen molar-refractivity contribution in [1.29, 1.82) is 0 Å². The van der Waals surface area contributed by atoms with Gasteiger partial charge < -0.3 is 25.2 Å². The number of nitrogens with zero attached hydrogens (tertiary/aromatic N) is 4. The third kappa shape index (κ3) is 5.98. The van der Waals surface area contributed by atoms with Crippen LogP contribution in [0.5, 0.6) is 0 Å². The molecule has 0 saturated carbocycles. The van der Waals surface area contributed by atoms with Crippen molar-refractivity contribution in [2.75, 3.05) is 31.5 Å². The number of halogens is 1. The molecule has 214 valence electrons. The predicted molar refractivity (Wildman–Crippen MR) is 148 cm³/mol. The number of nitrogens with one attached hydrogen (secondary N) is 1. The van der Waals surface area contributed by atoms with E-state index in [-0.39, 0.29) is 44.4 Å². The number of piperazine rings is 1. The van der Waals surface area contributed by atoms with Crippen LogP contribution in [0.2, 0.25) is 0 Å².